The van der Waals surface area contributed by atoms with Crippen LogP contribution in [0.25, 0.3) is 0 Å². The second-order valence-corrected chi connectivity index (χ2v) is 5.98. The summed E-state index contributed by atoms with van der Waals surface area (Å²) in [4.78, 5) is 23.3. The van der Waals surface area contributed by atoms with Crippen molar-refractivity contribution in [3.05, 3.63) is 53.5 Å². The van der Waals surface area contributed by atoms with Gasteiger partial charge in [0.05, 0.1) is 12.8 Å². The van der Waals surface area contributed by atoms with E-state index in [1.54, 1.807) is 12.1 Å². The number of rotatable bonds is 8. The highest BCUT2D eigenvalue weighted by atomic mass is 16.6. The summed E-state index contributed by atoms with van der Waals surface area (Å²) < 4.78 is 15.4. The third-order valence-electron chi connectivity index (χ3n) is 3.62. The molecule has 0 spiro atoms. The fourth-order valence-corrected chi connectivity index (χ4v) is 2.37. The highest BCUT2D eigenvalue weighted by Gasteiger charge is 2.10. The minimum Gasteiger partial charge on any atom is -0.482 e. The van der Waals surface area contributed by atoms with Crippen molar-refractivity contribution in [1.82, 2.24) is 5.32 Å². The van der Waals surface area contributed by atoms with Gasteiger partial charge in [-0.15, -0.1) is 0 Å². The molecule has 0 fully saturated rings. The maximum atomic E-state index is 11.7. The maximum Gasteiger partial charge on any atom is 0.344 e. The van der Waals surface area contributed by atoms with Gasteiger partial charge in [0.25, 0.3) is 5.91 Å². The molecule has 0 atom stereocenters. The van der Waals surface area contributed by atoms with Crippen molar-refractivity contribution in [2.75, 3.05) is 13.2 Å². The highest BCUT2D eigenvalue weighted by molar-refractivity contribution is 5.80. The molecule has 0 saturated heterocycles. The van der Waals surface area contributed by atoms with E-state index in [2.05, 4.69) is 19.2 Å². The van der Waals surface area contributed by atoms with Gasteiger partial charge in [0.1, 0.15) is 11.5 Å². The van der Waals surface area contributed by atoms with E-state index >= 15 is 0 Å². The third-order valence-corrected chi connectivity index (χ3v) is 3.62. The molecule has 2 rings (SSSR count). The quantitative estimate of drug-likeness (QED) is 0.744. The maximum absolute atomic E-state index is 11.7. The number of hydrogen-bond donors (Lipinski definition) is 1. The van der Waals surface area contributed by atoms with Crippen LogP contribution in [0.15, 0.2) is 41.0 Å². The molecule has 0 unspecified atom stereocenters. The Balaban J connectivity index is 1.70. The zero-order chi connectivity index (χ0) is 18.2. The molecule has 1 heterocycles. The van der Waals surface area contributed by atoms with E-state index in [1.165, 1.54) is 11.8 Å². The Morgan fingerprint density at radius 2 is 2.00 bits per heavy atom. The molecule has 1 N–H and O–H groups in total. The molecular formula is C19H23NO5. The number of benzene rings is 1. The van der Waals surface area contributed by atoms with Gasteiger partial charge in [-0.3, -0.25) is 4.79 Å². The number of carbonyl (C=O) groups excluding carboxylic acids is 2. The van der Waals surface area contributed by atoms with Crippen molar-refractivity contribution in [3.63, 3.8) is 0 Å². The van der Waals surface area contributed by atoms with Gasteiger partial charge in [-0.05, 0) is 48.2 Å². The molecule has 1 aromatic heterocycles. The number of aryl methyl sites for hydroxylation is 1. The summed E-state index contributed by atoms with van der Waals surface area (Å²) in [5.74, 6) is 0.656. The second kappa shape index (κ2) is 8.92. The topological polar surface area (TPSA) is 77.8 Å². The Morgan fingerprint density at radius 3 is 2.64 bits per heavy atom. The number of ether oxygens (including phenoxy) is 2. The molecule has 0 bridgehead atoms. The SMILES string of the molecule is Cc1cc(OCC(=O)OCC(=O)NCc2ccco2)ccc1C(C)C. The summed E-state index contributed by atoms with van der Waals surface area (Å²) in [6.45, 7) is 5.90. The van der Waals surface area contributed by atoms with Crippen molar-refractivity contribution in [2.45, 2.75) is 33.2 Å². The van der Waals surface area contributed by atoms with Crippen molar-refractivity contribution >= 4 is 11.9 Å². The summed E-state index contributed by atoms with van der Waals surface area (Å²) in [5.41, 5.74) is 2.35. The molecular weight excluding hydrogens is 322 g/mol. The minimum absolute atomic E-state index is 0.244. The van der Waals surface area contributed by atoms with Crippen LogP contribution in [0.3, 0.4) is 0 Å². The molecule has 25 heavy (non-hydrogen) atoms. The van der Waals surface area contributed by atoms with Crippen LogP contribution in [-0.4, -0.2) is 25.1 Å². The summed E-state index contributed by atoms with van der Waals surface area (Å²) in [7, 11) is 0. The first-order valence-corrected chi connectivity index (χ1v) is 8.13. The van der Waals surface area contributed by atoms with E-state index in [0.29, 0.717) is 17.4 Å². The lowest BCUT2D eigenvalue weighted by molar-refractivity contribution is -0.150. The average Bonchev–Trinajstić information content (AvgIpc) is 3.09. The van der Waals surface area contributed by atoms with Crippen molar-refractivity contribution in [3.8, 4) is 5.75 Å². The minimum atomic E-state index is -0.598. The van der Waals surface area contributed by atoms with Gasteiger partial charge >= 0.3 is 5.97 Å². The molecule has 0 aliphatic carbocycles. The van der Waals surface area contributed by atoms with E-state index in [1.807, 2.05) is 25.1 Å². The molecule has 0 saturated carbocycles. The lowest BCUT2D eigenvalue weighted by Crippen LogP contribution is -2.29. The van der Waals surface area contributed by atoms with E-state index in [9.17, 15) is 9.59 Å². The number of nitrogens with one attached hydrogen (secondary N) is 1. The van der Waals surface area contributed by atoms with Crippen molar-refractivity contribution in [2.24, 2.45) is 0 Å². The van der Waals surface area contributed by atoms with Gasteiger partial charge in [-0.1, -0.05) is 19.9 Å². The largest absolute Gasteiger partial charge is 0.482 e. The number of hydrogen-bond acceptors (Lipinski definition) is 5. The smallest absolute Gasteiger partial charge is 0.344 e. The molecule has 2 aromatic rings. The van der Waals surface area contributed by atoms with Crippen molar-refractivity contribution in [1.29, 1.82) is 0 Å². The average molecular weight is 345 g/mol. The van der Waals surface area contributed by atoms with Gasteiger partial charge in [0, 0.05) is 0 Å². The van der Waals surface area contributed by atoms with Crippen LogP contribution in [0.5, 0.6) is 5.75 Å². The summed E-state index contributed by atoms with van der Waals surface area (Å²) >= 11 is 0. The van der Waals surface area contributed by atoms with Gasteiger partial charge in [-0.2, -0.15) is 0 Å². The Labute approximate surface area is 147 Å². The van der Waals surface area contributed by atoms with Crippen LogP contribution in [0.2, 0.25) is 0 Å². The Morgan fingerprint density at radius 1 is 1.20 bits per heavy atom. The standard InChI is InChI=1S/C19H23NO5/c1-13(2)17-7-6-15(9-14(17)3)24-12-19(22)25-11-18(21)20-10-16-5-4-8-23-16/h4-9,13H,10-12H2,1-3H3,(H,20,21). The molecule has 134 valence electrons. The molecule has 0 aliphatic heterocycles. The Kier molecular flexibility index (Phi) is 6.62. The normalized spacial score (nSPS) is 10.6. The molecule has 6 heteroatoms. The molecule has 1 aromatic carbocycles. The van der Waals surface area contributed by atoms with E-state index < -0.39 is 11.9 Å². The predicted molar refractivity (Wildman–Crippen MR) is 92.3 cm³/mol. The summed E-state index contributed by atoms with van der Waals surface area (Å²) in [6.07, 6.45) is 1.52. The zero-order valence-electron chi connectivity index (χ0n) is 14.7. The fraction of sp³-hybridized carbons (Fsp3) is 0.368. The summed E-state index contributed by atoms with van der Waals surface area (Å²) in [6, 6.07) is 9.17. The monoisotopic (exact) mass is 345 g/mol. The predicted octanol–water partition coefficient (Wildman–Crippen LogP) is 2.95. The van der Waals surface area contributed by atoms with Crippen LogP contribution in [0.4, 0.5) is 0 Å². The number of amides is 1. The van der Waals surface area contributed by atoms with E-state index in [-0.39, 0.29) is 19.8 Å². The van der Waals surface area contributed by atoms with Gasteiger partial charge in [0.15, 0.2) is 13.2 Å². The number of furan rings is 1. The zero-order valence-corrected chi connectivity index (χ0v) is 14.7. The van der Waals surface area contributed by atoms with Gasteiger partial charge < -0.3 is 19.2 Å². The molecule has 0 radical (unpaired) electrons. The van der Waals surface area contributed by atoms with Crippen LogP contribution in [-0.2, 0) is 20.9 Å². The third kappa shape index (κ3) is 5.99. The second-order valence-electron chi connectivity index (χ2n) is 5.98. The van der Waals surface area contributed by atoms with E-state index in [4.69, 9.17) is 13.9 Å². The molecule has 1 amide bonds. The van der Waals surface area contributed by atoms with Crippen LogP contribution < -0.4 is 10.1 Å². The number of carbonyl (C=O) groups is 2. The van der Waals surface area contributed by atoms with Crippen LogP contribution in [0.1, 0.15) is 36.7 Å². The Hall–Kier alpha value is -2.76. The molecule has 0 aliphatic rings. The van der Waals surface area contributed by atoms with Gasteiger partial charge in [0.2, 0.25) is 0 Å². The first kappa shape index (κ1) is 18.6. The van der Waals surface area contributed by atoms with Crippen LogP contribution >= 0.6 is 0 Å². The lowest BCUT2D eigenvalue weighted by Gasteiger charge is -2.12. The van der Waals surface area contributed by atoms with Crippen molar-refractivity contribution < 1.29 is 23.5 Å². The Bertz CT molecular complexity index is 707. The van der Waals surface area contributed by atoms with Gasteiger partial charge in [-0.25, -0.2) is 4.79 Å². The highest BCUT2D eigenvalue weighted by Crippen LogP contribution is 2.23. The summed E-state index contributed by atoms with van der Waals surface area (Å²) in [5, 5.41) is 2.59. The van der Waals surface area contributed by atoms with Crippen LogP contribution in [0, 0.1) is 6.92 Å². The fourth-order valence-electron chi connectivity index (χ4n) is 2.37. The van der Waals surface area contributed by atoms with E-state index in [0.717, 1.165) is 5.56 Å². The lowest BCUT2D eigenvalue weighted by atomic mass is 9.98. The first-order chi connectivity index (χ1) is 12.0. The number of esters is 1. The molecule has 6 nitrogen and oxygen atoms in total. The first-order valence-electron chi connectivity index (χ1n) is 8.13.